The van der Waals surface area contributed by atoms with Gasteiger partial charge in [-0.1, -0.05) is 23.5 Å². The number of aromatic nitrogens is 3. The molecule has 26 heavy (non-hydrogen) atoms. The van der Waals surface area contributed by atoms with Gasteiger partial charge in [0.15, 0.2) is 5.13 Å². The van der Waals surface area contributed by atoms with Crippen LogP contribution in [0.3, 0.4) is 0 Å². The van der Waals surface area contributed by atoms with Crippen LogP contribution in [0.4, 0.5) is 11.1 Å². The van der Waals surface area contributed by atoms with E-state index in [1.54, 1.807) is 11.3 Å². The number of nitrogens with one attached hydrogen (secondary N) is 1. The number of hydrogen-bond donors (Lipinski definition) is 1. The van der Waals surface area contributed by atoms with Crippen LogP contribution in [-0.2, 0) is 0 Å². The molecule has 1 aliphatic rings. The molecule has 0 spiro atoms. The van der Waals surface area contributed by atoms with E-state index < -0.39 is 0 Å². The number of fused-ring (bicyclic) bond motifs is 1. The Balaban J connectivity index is 1.13. The zero-order valence-corrected chi connectivity index (χ0v) is 15.7. The molecule has 4 rings (SSSR count). The number of rotatable bonds is 7. The molecule has 6 nitrogen and oxygen atoms in total. The lowest BCUT2D eigenvalue weighted by atomic mass is 10.2. The minimum Gasteiger partial charge on any atom is -0.361 e. The highest BCUT2D eigenvalue weighted by Crippen LogP contribution is 2.25. The van der Waals surface area contributed by atoms with Crippen molar-refractivity contribution >= 4 is 32.6 Å². The van der Waals surface area contributed by atoms with Crippen LogP contribution in [-0.4, -0.2) is 59.1 Å². The van der Waals surface area contributed by atoms with Crippen molar-refractivity contribution in [2.45, 2.75) is 12.8 Å². The molecule has 0 radical (unpaired) electrons. The monoisotopic (exact) mass is 368 g/mol. The Labute approximate surface area is 157 Å². The molecule has 1 aromatic carbocycles. The topological polar surface area (TPSA) is 57.2 Å². The van der Waals surface area contributed by atoms with Gasteiger partial charge in [0.05, 0.1) is 10.2 Å². The molecular formula is C19H24N6S. The average molecular weight is 369 g/mol. The molecule has 1 aliphatic heterocycles. The third kappa shape index (κ3) is 4.28. The van der Waals surface area contributed by atoms with Gasteiger partial charge in [0.2, 0.25) is 5.95 Å². The summed E-state index contributed by atoms with van der Waals surface area (Å²) in [7, 11) is 0. The minimum atomic E-state index is 0.854. The minimum absolute atomic E-state index is 0.854. The van der Waals surface area contributed by atoms with Crippen LogP contribution >= 0.6 is 11.3 Å². The fourth-order valence-corrected chi connectivity index (χ4v) is 4.12. The highest BCUT2D eigenvalue weighted by molar-refractivity contribution is 7.22. The van der Waals surface area contributed by atoms with Gasteiger partial charge in [-0.2, -0.15) is 0 Å². The van der Waals surface area contributed by atoms with Gasteiger partial charge >= 0.3 is 0 Å². The van der Waals surface area contributed by atoms with Gasteiger partial charge in [-0.3, -0.25) is 4.90 Å². The van der Waals surface area contributed by atoms with Crippen molar-refractivity contribution in [3.05, 3.63) is 42.7 Å². The normalized spacial score (nSPS) is 15.5. The van der Waals surface area contributed by atoms with Crippen molar-refractivity contribution in [1.82, 2.24) is 19.9 Å². The maximum Gasteiger partial charge on any atom is 0.225 e. The lowest BCUT2D eigenvalue weighted by molar-refractivity contribution is 0.252. The number of nitrogens with zero attached hydrogens (tertiary/aromatic N) is 5. The van der Waals surface area contributed by atoms with Gasteiger partial charge in [0.25, 0.3) is 0 Å². The lowest BCUT2D eigenvalue weighted by Gasteiger charge is -2.34. The number of unbranched alkanes of at least 4 members (excludes halogenated alkanes) is 1. The number of para-hydroxylation sites is 1. The predicted molar refractivity (Wildman–Crippen MR) is 108 cm³/mol. The Kier molecular flexibility index (Phi) is 5.56. The molecule has 7 heteroatoms. The summed E-state index contributed by atoms with van der Waals surface area (Å²) >= 11 is 1.73. The van der Waals surface area contributed by atoms with Crippen LogP contribution in [0, 0.1) is 0 Å². The molecule has 0 saturated carbocycles. The number of anilines is 2. The lowest BCUT2D eigenvalue weighted by Crippen LogP contribution is -2.47. The van der Waals surface area contributed by atoms with E-state index in [9.17, 15) is 0 Å². The molecular weight excluding hydrogens is 344 g/mol. The van der Waals surface area contributed by atoms with Gasteiger partial charge in [0.1, 0.15) is 0 Å². The molecule has 1 fully saturated rings. The largest absolute Gasteiger partial charge is 0.361 e. The number of benzene rings is 1. The van der Waals surface area contributed by atoms with E-state index in [4.69, 9.17) is 0 Å². The number of piperazine rings is 1. The summed E-state index contributed by atoms with van der Waals surface area (Å²) in [5.41, 5.74) is 1.08. The highest BCUT2D eigenvalue weighted by Gasteiger charge is 2.18. The fourth-order valence-electron chi connectivity index (χ4n) is 3.23. The fraction of sp³-hybridized carbons (Fsp3) is 0.421. The molecule has 0 bridgehead atoms. The maximum atomic E-state index is 4.62. The molecule has 136 valence electrons. The Morgan fingerprint density at radius 3 is 2.58 bits per heavy atom. The summed E-state index contributed by atoms with van der Waals surface area (Å²) in [6.45, 7) is 6.33. The third-order valence-electron chi connectivity index (χ3n) is 4.68. The van der Waals surface area contributed by atoms with Crippen LogP contribution in [0.15, 0.2) is 42.7 Å². The Morgan fingerprint density at radius 2 is 1.77 bits per heavy atom. The molecule has 2 aromatic heterocycles. The van der Waals surface area contributed by atoms with Crippen LogP contribution in [0.2, 0.25) is 0 Å². The van der Waals surface area contributed by atoms with E-state index in [2.05, 4.69) is 48.3 Å². The quantitative estimate of drug-likeness (QED) is 0.647. The molecule has 0 aliphatic carbocycles. The zero-order valence-electron chi connectivity index (χ0n) is 14.8. The Bertz CT molecular complexity index is 780. The van der Waals surface area contributed by atoms with Crippen LogP contribution < -0.4 is 10.2 Å². The second-order valence-electron chi connectivity index (χ2n) is 6.50. The SMILES string of the molecule is c1cnc(N2CCN(CCCCNc3nc4ccccc4s3)CC2)nc1. The zero-order chi connectivity index (χ0) is 17.6. The maximum absolute atomic E-state index is 4.62. The Morgan fingerprint density at radius 1 is 0.962 bits per heavy atom. The van der Waals surface area contributed by atoms with Crippen LogP contribution in [0.25, 0.3) is 10.2 Å². The third-order valence-corrected chi connectivity index (χ3v) is 5.67. The van der Waals surface area contributed by atoms with Crippen molar-refractivity contribution in [3.63, 3.8) is 0 Å². The summed E-state index contributed by atoms with van der Waals surface area (Å²) < 4.78 is 1.25. The summed E-state index contributed by atoms with van der Waals surface area (Å²) in [5, 5.41) is 4.49. The molecule has 1 N–H and O–H groups in total. The van der Waals surface area contributed by atoms with Crippen molar-refractivity contribution in [2.24, 2.45) is 0 Å². The first kappa shape index (κ1) is 17.2. The van der Waals surface area contributed by atoms with E-state index in [0.717, 1.165) is 62.3 Å². The van der Waals surface area contributed by atoms with E-state index in [0.29, 0.717) is 0 Å². The van der Waals surface area contributed by atoms with Gasteiger partial charge < -0.3 is 10.2 Å². The van der Waals surface area contributed by atoms with E-state index in [1.807, 2.05) is 24.5 Å². The first-order chi connectivity index (χ1) is 12.9. The predicted octanol–water partition coefficient (Wildman–Crippen LogP) is 3.10. The van der Waals surface area contributed by atoms with Gasteiger partial charge in [0, 0.05) is 45.1 Å². The van der Waals surface area contributed by atoms with E-state index in [-0.39, 0.29) is 0 Å². The molecule has 0 atom stereocenters. The summed E-state index contributed by atoms with van der Waals surface area (Å²) in [6, 6.07) is 10.2. The van der Waals surface area contributed by atoms with E-state index >= 15 is 0 Å². The number of hydrogen-bond acceptors (Lipinski definition) is 7. The summed E-state index contributed by atoms with van der Waals surface area (Å²) in [4.78, 5) is 18.1. The Hall–Kier alpha value is -2.25. The van der Waals surface area contributed by atoms with Gasteiger partial charge in [-0.15, -0.1) is 0 Å². The van der Waals surface area contributed by atoms with Gasteiger partial charge in [-0.05, 0) is 37.6 Å². The number of thiazole rings is 1. The molecule has 3 heterocycles. The molecule has 0 unspecified atom stereocenters. The first-order valence-corrected chi connectivity index (χ1v) is 10.0. The molecule has 0 amide bonds. The average Bonchev–Trinajstić information content (AvgIpc) is 3.12. The second-order valence-corrected chi connectivity index (χ2v) is 7.53. The highest BCUT2D eigenvalue weighted by atomic mass is 32.1. The summed E-state index contributed by atoms with van der Waals surface area (Å²) in [5.74, 6) is 0.854. The first-order valence-electron chi connectivity index (χ1n) is 9.22. The standard InChI is InChI=1S/C19H24N6S/c1-2-7-17-16(6-1)23-19(26-17)22-8-3-4-11-24-12-14-25(15-13-24)18-20-9-5-10-21-18/h1-2,5-7,9-10H,3-4,8,11-15H2,(H,22,23). The van der Waals surface area contributed by atoms with Crippen LogP contribution in [0.1, 0.15) is 12.8 Å². The van der Waals surface area contributed by atoms with Crippen molar-refractivity contribution in [2.75, 3.05) is 49.5 Å². The van der Waals surface area contributed by atoms with Crippen molar-refractivity contribution < 1.29 is 0 Å². The summed E-state index contributed by atoms with van der Waals surface area (Å²) in [6.07, 6.45) is 6.00. The van der Waals surface area contributed by atoms with Crippen molar-refractivity contribution in [3.8, 4) is 0 Å². The van der Waals surface area contributed by atoms with Crippen LogP contribution in [0.5, 0.6) is 0 Å². The molecule has 1 saturated heterocycles. The van der Waals surface area contributed by atoms with Crippen molar-refractivity contribution in [1.29, 1.82) is 0 Å². The smallest absolute Gasteiger partial charge is 0.225 e. The van der Waals surface area contributed by atoms with E-state index in [1.165, 1.54) is 11.1 Å². The molecule has 3 aromatic rings. The second kappa shape index (κ2) is 8.42. The van der Waals surface area contributed by atoms with Gasteiger partial charge in [-0.25, -0.2) is 15.0 Å².